The van der Waals surface area contributed by atoms with Gasteiger partial charge in [-0.25, -0.2) is 0 Å². The molecule has 0 bridgehead atoms. The van der Waals surface area contributed by atoms with Gasteiger partial charge in [0, 0.05) is 24.7 Å². The second-order valence-corrected chi connectivity index (χ2v) is 8.42. The molecule has 36 heavy (non-hydrogen) atoms. The highest BCUT2D eigenvalue weighted by Gasteiger charge is 2.34. The lowest BCUT2D eigenvalue weighted by Crippen LogP contribution is -2.31. The third-order valence-corrected chi connectivity index (χ3v) is 6.26. The van der Waals surface area contributed by atoms with Crippen LogP contribution in [0.15, 0.2) is 54.3 Å². The predicted octanol–water partition coefficient (Wildman–Crippen LogP) is 4.69. The quantitative estimate of drug-likeness (QED) is 0.443. The molecule has 0 spiro atoms. The Morgan fingerprint density at radius 3 is 2.44 bits per heavy atom. The zero-order valence-electron chi connectivity index (χ0n) is 20.6. The zero-order valence-corrected chi connectivity index (χ0v) is 20.6. The second-order valence-electron chi connectivity index (χ2n) is 8.42. The summed E-state index contributed by atoms with van der Waals surface area (Å²) in [6.45, 7) is 1.61. The van der Waals surface area contributed by atoms with E-state index in [0.29, 0.717) is 59.9 Å². The van der Waals surface area contributed by atoms with E-state index in [1.165, 1.54) is 0 Å². The van der Waals surface area contributed by atoms with Crippen LogP contribution in [0.1, 0.15) is 27.0 Å². The largest absolute Gasteiger partial charge is 0.497 e. The first kappa shape index (κ1) is 23.6. The van der Waals surface area contributed by atoms with Gasteiger partial charge in [0.05, 0.1) is 39.6 Å². The van der Waals surface area contributed by atoms with Gasteiger partial charge >= 0.3 is 0 Å². The number of rotatable bonds is 7. The maximum Gasteiger partial charge on any atom is 0.231 e. The summed E-state index contributed by atoms with van der Waals surface area (Å²) in [7, 11) is 6.39. The molecule has 0 aliphatic carbocycles. The van der Waals surface area contributed by atoms with Gasteiger partial charge in [0.2, 0.25) is 5.78 Å². The molecule has 0 fully saturated rings. The smallest absolute Gasteiger partial charge is 0.231 e. The van der Waals surface area contributed by atoms with Gasteiger partial charge in [0.1, 0.15) is 29.7 Å². The number of hydrogen-bond acceptors (Lipinski definition) is 8. The van der Waals surface area contributed by atoms with Crippen LogP contribution >= 0.6 is 0 Å². The standard InChI is InChI=1S/C28H27NO7/c1-31-19-7-6-18(24(13-19)33-3)12-26-27(30)20-8-10-22-21(28(20)36-26)15-29(16-35-22)14-17-5-9-23(32-2)25(11-17)34-4/h5-13H,14-16H2,1-4H3/b26-12-. The molecule has 0 atom stereocenters. The van der Waals surface area contributed by atoms with E-state index >= 15 is 0 Å². The van der Waals surface area contributed by atoms with E-state index in [4.69, 9.17) is 28.4 Å². The lowest BCUT2D eigenvalue weighted by Gasteiger charge is -2.29. The summed E-state index contributed by atoms with van der Waals surface area (Å²) in [5.41, 5.74) is 3.13. The molecule has 5 rings (SSSR count). The second kappa shape index (κ2) is 9.83. The van der Waals surface area contributed by atoms with Crippen LogP contribution < -0.4 is 28.4 Å². The van der Waals surface area contributed by atoms with Crippen LogP contribution in [0.25, 0.3) is 6.08 Å². The van der Waals surface area contributed by atoms with Gasteiger partial charge in [-0.15, -0.1) is 0 Å². The van der Waals surface area contributed by atoms with Crippen LogP contribution in [-0.2, 0) is 13.1 Å². The number of ether oxygens (including phenoxy) is 6. The van der Waals surface area contributed by atoms with Crippen molar-refractivity contribution in [1.82, 2.24) is 4.90 Å². The van der Waals surface area contributed by atoms with Crippen molar-refractivity contribution in [3.8, 4) is 34.5 Å². The van der Waals surface area contributed by atoms with Crippen LogP contribution in [0.5, 0.6) is 34.5 Å². The van der Waals surface area contributed by atoms with Crippen molar-refractivity contribution in [2.24, 2.45) is 0 Å². The maximum absolute atomic E-state index is 13.2. The van der Waals surface area contributed by atoms with Crippen molar-refractivity contribution in [2.45, 2.75) is 13.1 Å². The number of fused-ring (bicyclic) bond motifs is 3. The predicted molar refractivity (Wildman–Crippen MR) is 133 cm³/mol. The van der Waals surface area contributed by atoms with Gasteiger partial charge < -0.3 is 28.4 Å². The molecule has 0 N–H and O–H groups in total. The van der Waals surface area contributed by atoms with Crippen molar-refractivity contribution >= 4 is 11.9 Å². The Labute approximate surface area is 209 Å². The third kappa shape index (κ3) is 4.31. The first-order valence-corrected chi connectivity index (χ1v) is 11.4. The van der Waals surface area contributed by atoms with E-state index < -0.39 is 0 Å². The van der Waals surface area contributed by atoms with Crippen molar-refractivity contribution in [3.05, 3.63) is 76.5 Å². The minimum atomic E-state index is -0.178. The Kier molecular flexibility index (Phi) is 6.43. The van der Waals surface area contributed by atoms with E-state index in [1.807, 2.05) is 36.4 Å². The first-order valence-electron chi connectivity index (χ1n) is 11.4. The van der Waals surface area contributed by atoms with Crippen LogP contribution in [0, 0.1) is 0 Å². The highest BCUT2D eigenvalue weighted by atomic mass is 16.5. The summed E-state index contributed by atoms with van der Waals surface area (Å²) in [6.07, 6.45) is 1.69. The maximum atomic E-state index is 13.2. The van der Waals surface area contributed by atoms with Crippen molar-refractivity contribution in [2.75, 3.05) is 35.2 Å². The van der Waals surface area contributed by atoms with Crippen LogP contribution in [-0.4, -0.2) is 45.9 Å². The number of carbonyl (C=O) groups excluding carboxylic acids is 1. The minimum Gasteiger partial charge on any atom is -0.497 e. The van der Waals surface area contributed by atoms with Crippen molar-refractivity contribution in [3.63, 3.8) is 0 Å². The summed E-state index contributed by atoms with van der Waals surface area (Å²) < 4.78 is 33.6. The Bertz CT molecular complexity index is 1350. The Morgan fingerprint density at radius 1 is 0.889 bits per heavy atom. The number of methoxy groups -OCH3 is 4. The molecule has 0 saturated heterocycles. The van der Waals surface area contributed by atoms with Gasteiger partial charge in [-0.3, -0.25) is 9.69 Å². The number of nitrogens with zero attached hydrogens (tertiary/aromatic N) is 1. The average Bonchev–Trinajstić information content (AvgIpc) is 3.24. The van der Waals surface area contributed by atoms with Crippen LogP contribution in [0.4, 0.5) is 0 Å². The third-order valence-electron chi connectivity index (χ3n) is 6.26. The molecule has 0 unspecified atom stereocenters. The molecule has 186 valence electrons. The molecular weight excluding hydrogens is 462 g/mol. The van der Waals surface area contributed by atoms with Gasteiger partial charge in [-0.1, -0.05) is 6.07 Å². The average molecular weight is 490 g/mol. The van der Waals surface area contributed by atoms with Crippen molar-refractivity contribution in [1.29, 1.82) is 0 Å². The number of hydrogen-bond donors (Lipinski definition) is 0. The fourth-order valence-corrected chi connectivity index (χ4v) is 4.42. The lowest BCUT2D eigenvalue weighted by atomic mass is 10.0. The molecule has 0 aromatic heterocycles. The number of ketones is 1. The normalized spacial score (nSPS) is 15.6. The fraction of sp³-hybridized carbons (Fsp3) is 0.250. The van der Waals surface area contributed by atoms with E-state index in [-0.39, 0.29) is 11.5 Å². The highest BCUT2D eigenvalue weighted by molar-refractivity contribution is 6.15. The van der Waals surface area contributed by atoms with E-state index in [1.54, 1.807) is 46.6 Å². The van der Waals surface area contributed by atoms with Crippen molar-refractivity contribution < 1.29 is 33.2 Å². The van der Waals surface area contributed by atoms with Gasteiger partial charge in [-0.05, 0) is 48.0 Å². The van der Waals surface area contributed by atoms with E-state index in [0.717, 1.165) is 16.7 Å². The fourth-order valence-electron chi connectivity index (χ4n) is 4.42. The molecule has 0 amide bonds. The molecule has 3 aromatic carbocycles. The highest BCUT2D eigenvalue weighted by Crippen LogP contribution is 2.43. The van der Waals surface area contributed by atoms with Crippen LogP contribution in [0.3, 0.4) is 0 Å². The Morgan fingerprint density at radius 2 is 1.69 bits per heavy atom. The van der Waals surface area contributed by atoms with Gasteiger partial charge in [-0.2, -0.15) is 0 Å². The summed E-state index contributed by atoms with van der Waals surface area (Å²) in [4.78, 5) is 15.3. The summed E-state index contributed by atoms with van der Waals surface area (Å²) in [5, 5.41) is 0. The molecule has 2 aliphatic rings. The van der Waals surface area contributed by atoms with E-state index in [2.05, 4.69) is 4.90 Å². The number of allylic oxidation sites excluding steroid dienone is 1. The SMILES string of the molecule is COc1ccc(/C=C2\Oc3c(ccc4c3CN(Cc3ccc(OC)c(OC)c3)CO4)C2=O)c(OC)c1. The number of carbonyl (C=O) groups is 1. The molecular formula is C28H27NO7. The molecule has 2 heterocycles. The Hall–Kier alpha value is -4.17. The van der Waals surface area contributed by atoms with Gasteiger partial charge in [0.15, 0.2) is 17.3 Å². The van der Waals surface area contributed by atoms with Crippen LogP contribution in [0.2, 0.25) is 0 Å². The summed E-state index contributed by atoms with van der Waals surface area (Å²) in [6, 6.07) is 14.8. The zero-order chi connectivity index (χ0) is 25.2. The number of Topliss-reactive ketones (excluding diaryl/α,β-unsaturated/α-hetero) is 1. The minimum absolute atomic E-state index is 0.178. The van der Waals surface area contributed by atoms with E-state index in [9.17, 15) is 4.79 Å². The first-order chi connectivity index (χ1) is 17.5. The number of benzene rings is 3. The summed E-state index contributed by atoms with van der Waals surface area (Å²) >= 11 is 0. The molecule has 8 nitrogen and oxygen atoms in total. The molecule has 0 radical (unpaired) electrons. The molecule has 2 aliphatic heterocycles. The molecule has 3 aromatic rings. The Balaban J connectivity index is 1.40. The lowest BCUT2D eigenvalue weighted by molar-refractivity contribution is 0.0872. The molecule has 0 saturated carbocycles. The monoisotopic (exact) mass is 489 g/mol. The summed E-state index contributed by atoms with van der Waals surface area (Å²) in [5.74, 6) is 3.91. The van der Waals surface area contributed by atoms with Gasteiger partial charge in [0.25, 0.3) is 0 Å². The molecule has 8 heteroatoms. The topological polar surface area (TPSA) is 75.7 Å².